The van der Waals surface area contributed by atoms with Crippen LogP contribution >= 0.6 is 0 Å². The summed E-state index contributed by atoms with van der Waals surface area (Å²) in [6.07, 6.45) is 0. The number of Topliss-reactive ketones (excluding diaryl/α,β-unsaturated/α-hetero) is 2. The van der Waals surface area contributed by atoms with Gasteiger partial charge in [-0.25, -0.2) is 0 Å². The maximum Gasteiger partial charge on any atom is 0.191 e. The Balaban J connectivity index is 1.65. The largest absolute Gasteiger partial charge is 0.457 e. The van der Waals surface area contributed by atoms with Crippen LogP contribution < -0.4 is 10.1 Å². The van der Waals surface area contributed by atoms with Gasteiger partial charge < -0.3 is 10.1 Å². The summed E-state index contributed by atoms with van der Waals surface area (Å²) in [7, 11) is 0. The molecule has 1 aliphatic rings. The first-order valence-electron chi connectivity index (χ1n) is 12.2. The minimum absolute atomic E-state index is 0.115. The van der Waals surface area contributed by atoms with Gasteiger partial charge in [-0.2, -0.15) is 0 Å². The standard InChI is InChI=1S/C33H27NO3/c1-22-29(32(35)24-13-6-3-7-14-24)31(30(23(2)34-22)33(36)25-15-8-4-9-16-25)26-17-12-20-28(21-26)37-27-18-10-5-11-19-27/h3-21,31,34H,1-2H3. The molecule has 4 aromatic carbocycles. The number of para-hydroxylation sites is 1. The third kappa shape index (κ3) is 5.00. The fourth-order valence-corrected chi connectivity index (χ4v) is 4.80. The summed E-state index contributed by atoms with van der Waals surface area (Å²) in [5, 5.41) is 3.32. The molecule has 4 heteroatoms. The molecule has 0 aromatic heterocycles. The van der Waals surface area contributed by atoms with Gasteiger partial charge in [0.2, 0.25) is 0 Å². The number of hydrogen-bond acceptors (Lipinski definition) is 4. The van der Waals surface area contributed by atoms with Crippen molar-refractivity contribution < 1.29 is 14.3 Å². The molecule has 0 amide bonds. The normalized spacial score (nSPS) is 13.8. The monoisotopic (exact) mass is 485 g/mol. The van der Waals surface area contributed by atoms with Crippen LogP contribution in [0.2, 0.25) is 0 Å². The van der Waals surface area contributed by atoms with E-state index in [1.807, 2.05) is 105 Å². The topological polar surface area (TPSA) is 55.4 Å². The third-order valence-corrected chi connectivity index (χ3v) is 6.49. The van der Waals surface area contributed by atoms with Gasteiger partial charge in [-0.05, 0) is 43.7 Å². The lowest BCUT2D eigenvalue weighted by molar-refractivity contribution is 0.101. The molecule has 182 valence electrons. The van der Waals surface area contributed by atoms with E-state index in [4.69, 9.17) is 4.74 Å². The average Bonchev–Trinajstić information content (AvgIpc) is 2.94. The molecule has 0 unspecified atom stereocenters. The number of ketones is 2. The van der Waals surface area contributed by atoms with Crippen molar-refractivity contribution in [3.8, 4) is 11.5 Å². The Morgan fingerprint density at radius 2 is 1.05 bits per heavy atom. The van der Waals surface area contributed by atoms with E-state index in [0.717, 1.165) is 17.0 Å². The fraction of sp³-hybridized carbons (Fsp3) is 0.0909. The van der Waals surface area contributed by atoms with Gasteiger partial charge in [-0.15, -0.1) is 0 Å². The van der Waals surface area contributed by atoms with E-state index in [1.165, 1.54) is 0 Å². The molecule has 4 nitrogen and oxygen atoms in total. The van der Waals surface area contributed by atoms with Gasteiger partial charge in [-0.1, -0.05) is 91.0 Å². The van der Waals surface area contributed by atoms with Crippen LogP contribution in [0.3, 0.4) is 0 Å². The van der Waals surface area contributed by atoms with Crippen molar-refractivity contribution in [1.82, 2.24) is 5.32 Å². The second-order valence-corrected chi connectivity index (χ2v) is 9.01. The Morgan fingerprint density at radius 3 is 1.57 bits per heavy atom. The number of dihydropyridines is 1. The van der Waals surface area contributed by atoms with Crippen LogP contribution in [0, 0.1) is 0 Å². The minimum atomic E-state index is -0.569. The highest BCUT2D eigenvalue weighted by Gasteiger charge is 2.37. The highest BCUT2D eigenvalue weighted by Crippen LogP contribution is 2.42. The van der Waals surface area contributed by atoms with E-state index in [1.54, 1.807) is 24.3 Å². The lowest BCUT2D eigenvalue weighted by Gasteiger charge is -2.31. The van der Waals surface area contributed by atoms with E-state index in [-0.39, 0.29) is 11.6 Å². The number of ether oxygens (including phenoxy) is 1. The predicted octanol–water partition coefficient (Wildman–Crippen LogP) is 7.48. The van der Waals surface area contributed by atoms with Crippen LogP contribution in [0.1, 0.15) is 46.0 Å². The molecule has 1 aliphatic heterocycles. The van der Waals surface area contributed by atoms with Gasteiger partial charge in [0.1, 0.15) is 11.5 Å². The molecule has 1 heterocycles. The summed E-state index contributed by atoms with van der Waals surface area (Å²) in [5.74, 6) is 0.549. The second kappa shape index (κ2) is 10.5. The lowest BCUT2D eigenvalue weighted by atomic mass is 9.75. The number of carbonyl (C=O) groups is 2. The van der Waals surface area contributed by atoms with Crippen LogP contribution in [0.25, 0.3) is 0 Å². The van der Waals surface area contributed by atoms with Gasteiger partial charge in [-0.3, -0.25) is 9.59 Å². The number of hydrogen-bond donors (Lipinski definition) is 1. The summed E-state index contributed by atoms with van der Waals surface area (Å²) in [5.41, 5.74) is 4.52. The third-order valence-electron chi connectivity index (χ3n) is 6.49. The Kier molecular flexibility index (Phi) is 6.82. The quantitative estimate of drug-likeness (QED) is 0.276. The van der Waals surface area contributed by atoms with Crippen molar-refractivity contribution in [2.75, 3.05) is 0 Å². The average molecular weight is 486 g/mol. The summed E-state index contributed by atoms with van der Waals surface area (Å²) in [4.78, 5) is 27.8. The first-order chi connectivity index (χ1) is 18.0. The minimum Gasteiger partial charge on any atom is -0.457 e. The van der Waals surface area contributed by atoms with Crippen LogP contribution in [-0.4, -0.2) is 11.6 Å². The summed E-state index contributed by atoms with van der Waals surface area (Å²) < 4.78 is 6.11. The number of benzene rings is 4. The molecule has 37 heavy (non-hydrogen) atoms. The van der Waals surface area contributed by atoms with Gasteiger partial charge in [0.15, 0.2) is 11.6 Å². The molecule has 0 spiro atoms. The van der Waals surface area contributed by atoms with Gasteiger partial charge in [0, 0.05) is 39.6 Å². The summed E-state index contributed by atoms with van der Waals surface area (Å²) >= 11 is 0. The zero-order valence-electron chi connectivity index (χ0n) is 20.8. The zero-order valence-corrected chi connectivity index (χ0v) is 20.8. The summed E-state index contributed by atoms with van der Waals surface area (Å²) in [6.45, 7) is 3.78. The molecular weight excluding hydrogens is 458 g/mol. The Bertz CT molecular complexity index is 1430. The number of nitrogens with one attached hydrogen (secondary N) is 1. The molecule has 0 bridgehead atoms. The number of allylic oxidation sites excluding steroid dienone is 4. The molecule has 5 rings (SSSR count). The van der Waals surface area contributed by atoms with E-state index in [9.17, 15) is 9.59 Å². The van der Waals surface area contributed by atoms with Crippen molar-refractivity contribution >= 4 is 11.6 Å². The van der Waals surface area contributed by atoms with Crippen LogP contribution in [0.15, 0.2) is 138 Å². The molecule has 4 aromatic rings. The van der Waals surface area contributed by atoms with E-state index in [2.05, 4.69) is 5.32 Å². The van der Waals surface area contributed by atoms with Crippen molar-refractivity contribution in [2.24, 2.45) is 0 Å². The molecule has 1 N–H and O–H groups in total. The fourth-order valence-electron chi connectivity index (χ4n) is 4.80. The lowest BCUT2D eigenvalue weighted by Crippen LogP contribution is -2.31. The van der Waals surface area contributed by atoms with Crippen molar-refractivity contribution in [3.05, 3.63) is 154 Å². The van der Waals surface area contributed by atoms with Gasteiger partial charge in [0.25, 0.3) is 0 Å². The van der Waals surface area contributed by atoms with Gasteiger partial charge in [0.05, 0.1) is 0 Å². The summed E-state index contributed by atoms with van der Waals surface area (Å²) in [6, 6.07) is 35.5. The first-order valence-corrected chi connectivity index (χ1v) is 12.2. The Morgan fingerprint density at radius 1 is 0.595 bits per heavy atom. The number of carbonyl (C=O) groups excluding carboxylic acids is 2. The van der Waals surface area contributed by atoms with Crippen molar-refractivity contribution in [1.29, 1.82) is 0 Å². The smallest absolute Gasteiger partial charge is 0.191 e. The van der Waals surface area contributed by atoms with Gasteiger partial charge >= 0.3 is 0 Å². The second-order valence-electron chi connectivity index (χ2n) is 9.01. The maximum absolute atomic E-state index is 13.9. The highest BCUT2D eigenvalue weighted by molar-refractivity contribution is 6.16. The van der Waals surface area contributed by atoms with E-state index in [0.29, 0.717) is 33.8 Å². The zero-order chi connectivity index (χ0) is 25.8. The number of rotatable bonds is 7. The van der Waals surface area contributed by atoms with Crippen LogP contribution in [-0.2, 0) is 0 Å². The predicted molar refractivity (Wildman–Crippen MR) is 146 cm³/mol. The van der Waals surface area contributed by atoms with E-state index < -0.39 is 5.92 Å². The maximum atomic E-state index is 13.9. The van der Waals surface area contributed by atoms with Crippen LogP contribution in [0.4, 0.5) is 0 Å². The molecule has 0 saturated heterocycles. The molecule has 0 atom stereocenters. The van der Waals surface area contributed by atoms with Crippen LogP contribution in [0.5, 0.6) is 11.5 Å². The molecule has 0 fully saturated rings. The molecular formula is C33H27NO3. The van der Waals surface area contributed by atoms with Crippen molar-refractivity contribution in [2.45, 2.75) is 19.8 Å². The SMILES string of the molecule is CC1=C(C(=O)c2ccccc2)C(c2cccc(Oc3ccccc3)c2)C(C(=O)c2ccccc2)=C(C)N1. The molecule has 0 aliphatic carbocycles. The van der Waals surface area contributed by atoms with Crippen molar-refractivity contribution in [3.63, 3.8) is 0 Å². The molecule has 0 saturated carbocycles. The Hall–Kier alpha value is -4.70. The highest BCUT2D eigenvalue weighted by atomic mass is 16.5. The van der Waals surface area contributed by atoms with E-state index >= 15 is 0 Å². The first kappa shape index (κ1) is 24.0. The molecule has 0 radical (unpaired) electrons. The Labute approximate surface area is 216 Å².